The van der Waals surface area contributed by atoms with E-state index in [1.54, 1.807) is 0 Å². The third-order valence-electron chi connectivity index (χ3n) is 5.34. The van der Waals surface area contributed by atoms with Gasteiger partial charge in [0, 0.05) is 4.43 Å². The van der Waals surface area contributed by atoms with Gasteiger partial charge in [-0.15, -0.1) is 0 Å². The molecule has 0 spiro atoms. The topological polar surface area (TPSA) is 26.3 Å². The summed E-state index contributed by atoms with van der Waals surface area (Å²) in [5.41, 5.74) is 0.814. The molecule has 0 aromatic heterocycles. The van der Waals surface area contributed by atoms with Crippen molar-refractivity contribution in [2.75, 3.05) is 4.43 Å². The zero-order valence-electron chi connectivity index (χ0n) is 15.2. The average molecular weight is 420 g/mol. The first-order valence-electron chi connectivity index (χ1n) is 8.45. The summed E-state index contributed by atoms with van der Waals surface area (Å²) in [5, 5.41) is 0. The summed E-state index contributed by atoms with van der Waals surface area (Å²) in [6, 6.07) is 0. The highest BCUT2D eigenvalue weighted by Crippen LogP contribution is 2.49. The van der Waals surface area contributed by atoms with Crippen LogP contribution in [-0.4, -0.2) is 16.0 Å². The average Bonchev–Trinajstić information content (AvgIpc) is 2.37. The zero-order chi connectivity index (χ0) is 17.1. The van der Waals surface area contributed by atoms with E-state index in [0.29, 0.717) is 17.3 Å². The van der Waals surface area contributed by atoms with Crippen molar-refractivity contribution < 1.29 is 9.53 Å². The van der Waals surface area contributed by atoms with Gasteiger partial charge in [-0.05, 0) is 57.8 Å². The first-order chi connectivity index (χ1) is 10.0. The van der Waals surface area contributed by atoms with Crippen LogP contribution in [0, 0.1) is 23.2 Å². The maximum absolute atomic E-state index is 12.6. The Bertz CT molecular complexity index is 410. The lowest BCUT2D eigenvalue weighted by Gasteiger charge is -2.46. The first kappa shape index (κ1) is 20.0. The SMILES string of the molecule is C=C(C)C(C[C@H]1CCC[C@H](C)[C@@]1(C)CI)C(=O)OC(C)(C)C. The van der Waals surface area contributed by atoms with Gasteiger partial charge in [-0.1, -0.05) is 61.4 Å². The van der Waals surface area contributed by atoms with Crippen LogP contribution >= 0.6 is 22.6 Å². The molecule has 2 nitrogen and oxygen atoms in total. The molecule has 3 heteroatoms. The summed E-state index contributed by atoms with van der Waals surface area (Å²) in [6.07, 6.45) is 4.68. The fraction of sp³-hybridized carbons (Fsp3) is 0.842. The highest BCUT2D eigenvalue weighted by atomic mass is 127. The van der Waals surface area contributed by atoms with Crippen LogP contribution in [0.25, 0.3) is 0 Å². The van der Waals surface area contributed by atoms with Gasteiger partial charge in [-0.2, -0.15) is 0 Å². The van der Waals surface area contributed by atoms with Crippen LogP contribution in [0.2, 0.25) is 0 Å². The minimum atomic E-state index is -0.433. The van der Waals surface area contributed by atoms with E-state index in [4.69, 9.17) is 4.74 Å². The fourth-order valence-electron chi connectivity index (χ4n) is 3.52. The second kappa shape index (κ2) is 7.67. The molecule has 0 heterocycles. The maximum atomic E-state index is 12.6. The van der Waals surface area contributed by atoms with Gasteiger partial charge in [0.15, 0.2) is 0 Å². The molecule has 0 saturated heterocycles. The van der Waals surface area contributed by atoms with Gasteiger partial charge in [-0.3, -0.25) is 4.79 Å². The molecule has 1 fully saturated rings. The highest BCUT2D eigenvalue weighted by Gasteiger charge is 2.43. The standard InChI is InChI=1S/C19H33IO2/c1-13(2)16(17(21)22-18(4,5)6)11-15-10-8-9-14(3)19(15,7)12-20/h14-16H,1,8-12H2,2-7H3/t14-,15+,16?,19+/m0/s1. The van der Waals surface area contributed by atoms with Gasteiger partial charge in [0.05, 0.1) is 5.92 Å². The molecule has 0 bridgehead atoms. The number of alkyl halides is 1. The molecule has 0 radical (unpaired) electrons. The summed E-state index contributed by atoms with van der Waals surface area (Å²) in [6.45, 7) is 16.6. The number of carbonyl (C=O) groups is 1. The van der Waals surface area contributed by atoms with E-state index < -0.39 is 5.60 Å². The molecule has 0 amide bonds. The minimum absolute atomic E-state index is 0.103. The van der Waals surface area contributed by atoms with Crippen LogP contribution in [0.1, 0.15) is 67.2 Å². The Labute approximate surface area is 150 Å². The Balaban J connectivity index is 2.90. The van der Waals surface area contributed by atoms with Gasteiger partial charge < -0.3 is 4.74 Å². The second-order valence-electron chi connectivity index (χ2n) is 8.34. The predicted octanol–water partition coefficient (Wildman–Crippen LogP) is 5.79. The molecule has 128 valence electrons. The zero-order valence-corrected chi connectivity index (χ0v) is 17.3. The Kier molecular flexibility index (Phi) is 6.97. The molecule has 0 aromatic carbocycles. The quantitative estimate of drug-likeness (QED) is 0.244. The van der Waals surface area contributed by atoms with Crippen molar-refractivity contribution >= 4 is 28.6 Å². The van der Waals surface area contributed by atoms with E-state index in [-0.39, 0.29) is 11.9 Å². The van der Waals surface area contributed by atoms with Gasteiger partial charge in [0.1, 0.15) is 5.60 Å². The van der Waals surface area contributed by atoms with Crippen LogP contribution in [-0.2, 0) is 9.53 Å². The molecule has 1 saturated carbocycles. The van der Waals surface area contributed by atoms with Crippen molar-refractivity contribution in [3.63, 3.8) is 0 Å². The number of esters is 1. The van der Waals surface area contributed by atoms with E-state index in [2.05, 4.69) is 43.0 Å². The lowest BCUT2D eigenvalue weighted by atomic mass is 9.60. The van der Waals surface area contributed by atoms with Crippen LogP contribution in [0.15, 0.2) is 12.2 Å². The molecule has 0 N–H and O–H groups in total. The molecule has 0 aromatic rings. The molecule has 22 heavy (non-hydrogen) atoms. The summed E-state index contributed by atoms with van der Waals surface area (Å²) in [5.74, 6) is 1.01. The smallest absolute Gasteiger partial charge is 0.313 e. The molecule has 1 unspecified atom stereocenters. The lowest BCUT2D eigenvalue weighted by Crippen LogP contribution is -2.41. The van der Waals surface area contributed by atoms with E-state index in [0.717, 1.165) is 16.4 Å². The lowest BCUT2D eigenvalue weighted by molar-refractivity contribution is -0.159. The number of hydrogen-bond donors (Lipinski definition) is 0. The first-order valence-corrected chi connectivity index (χ1v) is 9.98. The van der Waals surface area contributed by atoms with Crippen molar-refractivity contribution in [1.29, 1.82) is 0 Å². The molecule has 4 atom stereocenters. The number of halogens is 1. The molecular weight excluding hydrogens is 387 g/mol. The van der Waals surface area contributed by atoms with E-state index in [1.165, 1.54) is 19.3 Å². The minimum Gasteiger partial charge on any atom is -0.460 e. The molecule has 1 rings (SSSR count). The van der Waals surface area contributed by atoms with Gasteiger partial charge in [0.2, 0.25) is 0 Å². The summed E-state index contributed by atoms with van der Waals surface area (Å²) in [4.78, 5) is 12.6. The monoisotopic (exact) mass is 420 g/mol. The maximum Gasteiger partial charge on any atom is 0.313 e. The predicted molar refractivity (Wildman–Crippen MR) is 102 cm³/mol. The number of carbonyl (C=O) groups excluding carboxylic acids is 1. The molecule has 1 aliphatic carbocycles. The number of hydrogen-bond acceptors (Lipinski definition) is 2. The molecular formula is C19H33IO2. The molecule has 0 aliphatic heterocycles. The van der Waals surface area contributed by atoms with E-state index in [9.17, 15) is 4.79 Å². The van der Waals surface area contributed by atoms with E-state index >= 15 is 0 Å². The second-order valence-corrected chi connectivity index (χ2v) is 9.10. The summed E-state index contributed by atoms with van der Waals surface area (Å²) < 4.78 is 6.78. The summed E-state index contributed by atoms with van der Waals surface area (Å²) >= 11 is 2.52. The van der Waals surface area contributed by atoms with Gasteiger partial charge in [0.25, 0.3) is 0 Å². The third-order valence-corrected chi connectivity index (χ3v) is 6.99. The van der Waals surface area contributed by atoms with Crippen molar-refractivity contribution in [1.82, 2.24) is 0 Å². The Morgan fingerprint density at radius 3 is 2.45 bits per heavy atom. The van der Waals surface area contributed by atoms with Crippen LogP contribution in [0.3, 0.4) is 0 Å². The van der Waals surface area contributed by atoms with Crippen molar-refractivity contribution in [2.45, 2.75) is 72.8 Å². The molecule has 1 aliphatic rings. The highest BCUT2D eigenvalue weighted by molar-refractivity contribution is 14.1. The number of ether oxygens (including phenoxy) is 1. The Hall–Kier alpha value is -0.0600. The van der Waals surface area contributed by atoms with Gasteiger partial charge >= 0.3 is 5.97 Å². The van der Waals surface area contributed by atoms with E-state index in [1.807, 2.05) is 27.7 Å². The van der Waals surface area contributed by atoms with Crippen LogP contribution in [0.5, 0.6) is 0 Å². The van der Waals surface area contributed by atoms with Crippen molar-refractivity contribution in [3.05, 3.63) is 12.2 Å². The van der Waals surface area contributed by atoms with Crippen LogP contribution < -0.4 is 0 Å². The Morgan fingerprint density at radius 2 is 2.00 bits per heavy atom. The van der Waals surface area contributed by atoms with Crippen molar-refractivity contribution in [2.24, 2.45) is 23.2 Å². The third kappa shape index (κ3) is 4.97. The summed E-state index contributed by atoms with van der Waals surface area (Å²) in [7, 11) is 0. The van der Waals surface area contributed by atoms with Crippen molar-refractivity contribution in [3.8, 4) is 0 Å². The number of rotatable bonds is 5. The van der Waals surface area contributed by atoms with Crippen LogP contribution in [0.4, 0.5) is 0 Å². The van der Waals surface area contributed by atoms with Gasteiger partial charge in [-0.25, -0.2) is 0 Å². The Morgan fingerprint density at radius 1 is 1.41 bits per heavy atom. The largest absolute Gasteiger partial charge is 0.460 e. The normalized spacial score (nSPS) is 30.7. The fourth-order valence-corrected chi connectivity index (χ4v) is 4.89.